The van der Waals surface area contributed by atoms with Crippen LogP contribution in [0.5, 0.6) is 0 Å². The summed E-state index contributed by atoms with van der Waals surface area (Å²) in [5.41, 5.74) is 1.33. The molecule has 3 aromatic rings. The van der Waals surface area contributed by atoms with Gasteiger partial charge >= 0.3 is 0 Å². The van der Waals surface area contributed by atoms with E-state index >= 15 is 0 Å². The molecule has 0 fully saturated rings. The second kappa shape index (κ2) is 6.27. The van der Waals surface area contributed by atoms with Gasteiger partial charge in [0.2, 0.25) is 10.0 Å². The molecule has 0 amide bonds. The minimum absolute atomic E-state index is 0.178. The Morgan fingerprint density at radius 3 is 2.91 bits per heavy atom. The van der Waals surface area contributed by atoms with Crippen molar-refractivity contribution in [1.82, 2.24) is 19.3 Å². The summed E-state index contributed by atoms with van der Waals surface area (Å²) in [6, 6.07) is 7.17. The Balaban J connectivity index is 1.99. The van der Waals surface area contributed by atoms with E-state index in [4.69, 9.17) is 11.6 Å². The molecule has 0 radical (unpaired) electrons. The number of rotatable bonds is 5. The van der Waals surface area contributed by atoms with Crippen LogP contribution >= 0.6 is 11.6 Å². The zero-order chi connectivity index (χ0) is 16.4. The van der Waals surface area contributed by atoms with Crippen molar-refractivity contribution in [3.05, 3.63) is 53.6 Å². The molecular formula is C15H15ClN4O2S. The van der Waals surface area contributed by atoms with Crippen LogP contribution < -0.4 is 0 Å². The number of sulfonamides is 1. The van der Waals surface area contributed by atoms with E-state index in [2.05, 4.69) is 15.0 Å². The van der Waals surface area contributed by atoms with Crippen molar-refractivity contribution in [2.45, 2.75) is 18.4 Å². The lowest BCUT2D eigenvalue weighted by molar-refractivity contribution is 0.424. The molecule has 120 valence electrons. The van der Waals surface area contributed by atoms with Gasteiger partial charge in [0, 0.05) is 30.5 Å². The van der Waals surface area contributed by atoms with E-state index < -0.39 is 10.0 Å². The van der Waals surface area contributed by atoms with Gasteiger partial charge in [-0.15, -0.1) is 0 Å². The summed E-state index contributed by atoms with van der Waals surface area (Å²) in [4.78, 5) is 11.0. The first-order chi connectivity index (χ1) is 11.0. The minimum Gasteiger partial charge on any atom is -0.345 e. The zero-order valence-corrected chi connectivity index (χ0v) is 14.0. The van der Waals surface area contributed by atoms with E-state index in [9.17, 15) is 8.42 Å². The number of H-pyrrole nitrogens is 1. The maximum atomic E-state index is 12.9. The van der Waals surface area contributed by atoms with E-state index in [1.165, 1.54) is 23.0 Å². The molecule has 1 N–H and O–H groups in total. The summed E-state index contributed by atoms with van der Waals surface area (Å²) in [5.74, 6) is 0. The topological polar surface area (TPSA) is 79.0 Å². The Morgan fingerprint density at radius 2 is 2.17 bits per heavy atom. The van der Waals surface area contributed by atoms with Crippen molar-refractivity contribution in [3.8, 4) is 0 Å². The quantitative estimate of drug-likeness (QED) is 0.767. The standard InChI is InChI=1S/C15H15ClN4O2S/c1-2-20(9-11-4-3-5-12(16)6-11)23(21,22)14-8-18-15-13(14)7-17-10-19-15/h3-8,10H,2,9H2,1H3,(H,17,18,19). The van der Waals surface area contributed by atoms with Gasteiger partial charge in [-0.05, 0) is 17.7 Å². The highest BCUT2D eigenvalue weighted by Gasteiger charge is 2.26. The third kappa shape index (κ3) is 3.08. The van der Waals surface area contributed by atoms with Crippen LogP contribution in [0.2, 0.25) is 5.02 Å². The van der Waals surface area contributed by atoms with Gasteiger partial charge in [0.25, 0.3) is 0 Å². The predicted octanol–water partition coefficient (Wildman–Crippen LogP) is 2.82. The average molecular weight is 351 g/mol. The third-order valence-corrected chi connectivity index (χ3v) is 5.73. The molecule has 0 aliphatic heterocycles. The van der Waals surface area contributed by atoms with Crippen LogP contribution in [0.3, 0.4) is 0 Å². The van der Waals surface area contributed by atoms with Gasteiger partial charge in [-0.3, -0.25) is 0 Å². The smallest absolute Gasteiger partial charge is 0.245 e. The van der Waals surface area contributed by atoms with Crippen LogP contribution in [0, 0.1) is 0 Å². The number of aromatic amines is 1. The molecule has 8 heteroatoms. The highest BCUT2D eigenvalue weighted by molar-refractivity contribution is 7.89. The van der Waals surface area contributed by atoms with Crippen molar-refractivity contribution >= 4 is 32.7 Å². The first kappa shape index (κ1) is 15.9. The monoisotopic (exact) mass is 350 g/mol. The van der Waals surface area contributed by atoms with E-state index in [0.717, 1.165) is 5.56 Å². The van der Waals surface area contributed by atoms with E-state index in [0.29, 0.717) is 22.6 Å². The fourth-order valence-corrected chi connectivity index (χ4v) is 4.18. The number of fused-ring (bicyclic) bond motifs is 1. The number of aromatic nitrogens is 3. The largest absolute Gasteiger partial charge is 0.345 e. The molecule has 0 saturated carbocycles. The second-order valence-electron chi connectivity index (χ2n) is 5.00. The average Bonchev–Trinajstić information content (AvgIpc) is 2.97. The van der Waals surface area contributed by atoms with Crippen molar-refractivity contribution in [3.63, 3.8) is 0 Å². The van der Waals surface area contributed by atoms with Gasteiger partial charge in [-0.1, -0.05) is 30.7 Å². The normalized spacial score (nSPS) is 12.1. The summed E-state index contributed by atoms with van der Waals surface area (Å²) in [6.07, 6.45) is 4.33. The summed E-state index contributed by atoms with van der Waals surface area (Å²) in [5, 5.41) is 1.06. The van der Waals surface area contributed by atoms with Crippen LogP contribution in [0.4, 0.5) is 0 Å². The van der Waals surface area contributed by atoms with E-state index in [-0.39, 0.29) is 11.4 Å². The lowest BCUT2D eigenvalue weighted by Crippen LogP contribution is -2.30. The molecule has 23 heavy (non-hydrogen) atoms. The van der Waals surface area contributed by atoms with Crippen molar-refractivity contribution in [1.29, 1.82) is 0 Å². The van der Waals surface area contributed by atoms with Gasteiger partial charge in [0.05, 0.1) is 5.39 Å². The fourth-order valence-electron chi connectivity index (χ4n) is 2.39. The molecule has 0 unspecified atom stereocenters. The molecule has 1 aromatic carbocycles. The minimum atomic E-state index is -3.67. The highest BCUT2D eigenvalue weighted by atomic mass is 35.5. The first-order valence-electron chi connectivity index (χ1n) is 7.04. The second-order valence-corrected chi connectivity index (χ2v) is 7.34. The van der Waals surface area contributed by atoms with Gasteiger partial charge in [0.15, 0.2) is 0 Å². The van der Waals surface area contributed by atoms with Crippen LogP contribution in [0.25, 0.3) is 11.0 Å². The summed E-state index contributed by atoms with van der Waals surface area (Å²) in [7, 11) is -3.67. The predicted molar refractivity (Wildman–Crippen MR) is 88.6 cm³/mol. The van der Waals surface area contributed by atoms with Crippen LogP contribution in [-0.4, -0.2) is 34.2 Å². The van der Waals surface area contributed by atoms with Crippen molar-refractivity contribution in [2.24, 2.45) is 0 Å². The van der Waals surface area contributed by atoms with E-state index in [1.54, 1.807) is 25.1 Å². The van der Waals surface area contributed by atoms with Crippen LogP contribution in [0.15, 0.2) is 47.9 Å². The molecule has 2 aromatic heterocycles. The molecule has 0 spiro atoms. The van der Waals surface area contributed by atoms with Gasteiger partial charge < -0.3 is 4.98 Å². The lowest BCUT2D eigenvalue weighted by atomic mass is 10.2. The fraction of sp³-hybridized carbons (Fsp3) is 0.200. The Bertz CT molecular complexity index is 939. The van der Waals surface area contributed by atoms with Crippen LogP contribution in [-0.2, 0) is 16.6 Å². The van der Waals surface area contributed by atoms with Crippen molar-refractivity contribution in [2.75, 3.05) is 6.54 Å². The summed E-state index contributed by atoms with van der Waals surface area (Å²) >= 11 is 5.97. The number of nitrogens with zero attached hydrogens (tertiary/aromatic N) is 3. The molecule has 0 aliphatic rings. The Morgan fingerprint density at radius 1 is 1.35 bits per heavy atom. The van der Waals surface area contributed by atoms with Gasteiger partial charge in [0.1, 0.15) is 16.9 Å². The molecule has 2 heterocycles. The van der Waals surface area contributed by atoms with Gasteiger partial charge in [-0.2, -0.15) is 4.31 Å². The number of halogens is 1. The number of nitrogens with one attached hydrogen (secondary N) is 1. The first-order valence-corrected chi connectivity index (χ1v) is 8.86. The molecule has 0 saturated heterocycles. The number of hydrogen-bond acceptors (Lipinski definition) is 4. The molecular weight excluding hydrogens is 336 g/mol. The zero-order valence-electron chi connectivity index (χ0n) is 12.4. The SMILES string of the molecule is CCN(Cc1cccc(Cl)c1)S(=O)(=O)c1c[nH]c2ncncc12. The third-order valence-electron chi connectivity index (χ3n) is 3.54. The summed E-state index contributed by atoms with van der Waals surface area (Å²) < 4.78 is 27.3. The van der Waals surface area contributed by atoms with Gasteiger partial charge in [-0.25, -0.2) is 18.4 Å². The molecule has 6 nitrogen and oxygen atoms in total. The molecule has 0 atom stereocenters. The highest BCUT2D eigenvalue weighted by Crippen LogP contribution is 2.25. The lowest BCUT2D eigenvalue weighted by Gasteiger charge is -2.20. The number of hydrogen-bond donors (Lipinski definition) is 1. The van der Waals surface area contributed by atoms with E-state index in [1.807, 2.05) is 6.07 Å². The maximum absolute atomic E-state index is 12.9. The molecule has 0 aliphatic carbocycles. The van der Waals surface area contributed by atoms with Crippen LogP contribution in [0.1, 0.15) is 12.5 Å². The Labute approximate surface area is 139 Å². The molecule has 0 bridgehead atoms. The Kier molecular flexibility index (Phi) is 4.34. The number of benzene rings is 1. The summed E-state index contributed by atoms with van der Waals surface area (Å²) in [6.45, 7) is 2.39. The Hall–Kier alpha value is -1.96. The van der Waals surface area contributed by atoms with Crippen molar-refractivity contribution < 1.29 is 8.42 Å². The molecule has 3 rings (SSSR count). The maximum Gasteiger partial charge on any atom is 0.245 e.